The van der Waals surface area contributed by atoms with Crippen molar-refractivity contribution in [1.82, 2.24) is 19.9 Å². The molecule has 2 heterocycles. The van der Waals surface area contributed by atoms with Gasteiger partial charge in [-0.1, -0.05) is 5.16 Å². The van der Waals surface area contributed by atoms with Gasteiger partial charge in [-0.3, -0.25) is 4.68 Å². The van der Waals surface area contributed by atoms with Crippen molar-refractivity contribution in [3.63, 3.8) is 0 Å². The Balaban J connectivity index is 2.00. The predicted octanol–water partition coefficient (Wildman–Crippen LogP) is 0.430. The van der Waals surface area contributed by atoms with Gasteiger partial charge in [0.15, 0.2) is 5.82 Å². The van der Waals surface area contributed by atoms with Gasteiger partial charge in [-0.25, -0.2) is 0 Å². The average molecular weight is 251 g/mol. The Morgan fingerprint density at radius 1 is 1.56 bits per heavy atom. The molecule has 1 atom stereocenters. The lowest BCUT2D eigenvalue weighted by molar-refractivity contribution is 0.194. The summed E-state index contributed by atoms with van der Waals surface area (Å²) < 4.78 is 11.8. The van der Waals surface area contributed by atoms with Crippen molar-refractivity contribution < 1.29 is 9.26 Å². The molecule has 0 saturated carbocycles. The van der Waals surface area contributed by atoms with Crippen molar-refractivity contribution >= 4 is 0 Å². The van der Waals surface area contributed by atoms with Crippen molar-refractivity contribution in [3.8, 4) is 0 Å². The molecule has 7 heteroatoms. The molecule has 0 radical (unpaired) electrons. The minimum atomic E-state index is -0.428. The van der Waals surface area contributed by atoms with Crippen LogP contribution in [0.15, 0.2) is 16.9 Å². The van der Waals surface area contributed by atoms with E-state index in [9.17, 15) is 0 Å². The third-order valence-corrected chi connectivity index (χ3v) is 2.58. The average Bonchev–Trinajstić information content (AvgIpc) is 2.98. The summed E-state index contributed by atoms with van der Waals surface area (Å²) in [6, 6.07) is -0.428. The van der Waals surface area contributed by atoms with Crippen LogP contribution >= 0.6 is 0 Å². The molecular weight excluding hydrogens is 234 g/mol. The number of rotatable bonds is 6. The van der Waals surface area contributed by atoms with E-state index in [0.29, 0.717) is 18.3 Å². The quantitative estimate of drug-likeness (QED) is 0.748. The van der Waals surface area contributed by atoms with Crippen LogP contribution in [0.1, 0.15) is 29.7 Å². The molecule has 0 aliphatic rings. The van der Waals surface area contributed by atoms with Crippen LogP contribution in [0.5, 0.6) is 0 Å². The summed E-state index contributed by atoms with van der Waals surface area (Å²) in [4.78, 5) is 4.27. The highest BCUT2D eigenvalue weighted by Crippen LogP contribution is 2.17. The Kier molecular flexibility index (Phi) is 4.06. The van der Waals surface area contributed by atoms with E-state index in [0.717, 1.165) is 18.4 Å². The molecule has 0 aliphatic carbocycles. The van der Waals surface area contributed by atoms with Crippen LogP contribution in [0, 0.1) is 0 Å². The molecule has 0 amide bonds. The predicted molar refractivity (Wildman–Crippen MR) is 63.7 cm³/mol. The standard InChI is InChI=1S/C11H17N5O2/c1-16-7-8(6-13-16)10(12)11-14-9(15-18-11)4-3-5-17-2/h6-7,10H,3-5,12H2,1-2H3. The SMILES string of the molecule is COCCCc1noc(C(N)c2cnn(C)c2)n1. The van der Waals surface area contributed by atoms with Gasteiger partial charge in [0.1, 0.15) is 6.04 Å². The van der Waals surface area contributed by atoms with Gasteiger partial charge in [0, 0.05) is 38.9 Å². The van der Waals surface area contributed by atoms with E-state index in [1.807, 2.05) is 13.2 Å². The van der Waals surface area contributed by atoms with Gasteiger partial charge in [-0.2, -0.15) is 10.1 Å². The van der Waals surface area contributed by atoms with E-state index in [-0.39, 0.29) is 0 Å². The molecule has 0 saturated heterocycles. The van der Waals surface area contributed by atoms with Gasteiger partial charge < -0.3 is 15.0 Å². The van der Waals surface area contributed by atoms with Gasteiger partial charge in [-0.15, -0.1) is 0 Å². The maximum atomic E-state index is 6.02. The van der Waals surface area contributed by atoms with Crippen LogP contribution < -0.4 is 5.73 Å². The second kappa shape index (κ2) is 5.74. The summed E-state index contributed by atoms with van der Waals surface area (Å²) in [5.74, 6) is 1.07. The normalized spacial score (nSPS) is 12.8. The first kappa shape index (κ1) is 12.7. The van der Waals surface area contributed by atoms with Crippen LogP contribution in [0.25, 0.3) is 0 Å². The summed E-state index contributed by atoms with van der Waals surface area (Å²) in [6.07, 6.45) is 5.10. The van der Waals surface area contributed by atoms with Gasteiger partial charge in [0.25, 0.3) is 0 Å². The van der Waals surface area contributed by atoms with Crippen molar-refractivity contribution in [2.45, 2.75) is 18.9 Å². The minimum Gasteiger partial charge on any atom is -0.385 e. The molecule has 0 spiro atoms. The zero-order valence-electron chi connectivity index (χ0n) is 10.5. The zero-order valence-corrected chi connectivity index (χ0v) is 10.5. The maximum absolute atomic E-state index is 6.02. The van der Waals surface area contributed by atoms with E-state index in [4.69, 9.17) is 15.0 Å². The number of ether oxygens (including phenoxy) is 1. The smallest absolute Gasteiger partial charge is 0.248 e. The van der Waals surface area contributed by atoms with Crippen LogP contribution in [0.3, 0.4) is 0 Å². The number of methoxy groups -OCH3 is 1. The Labute approximate surface area is 105 Å². The van der Waals surface area contributed by atoms with Gasteiger partial charge >= 0.3 is 0 Å². The fourth-order valence-corrected chi connectivity index (χ4v) is 1.61. The molecule has 1 unspecified atom stereocenters. The minimum absolute atomic E-state index is 0.412. The lowest BCUT2D eigenvalue weighted by atomic mass is 10.2. The monoisotopic (exact) mass is 251 g/mol. The number of hydrogen-bond donors (Lipinski definition) is 1. The highest BCUT2D eigenvalue weighted by atomic mass is 16.5. The van der Waals surface area contributed by atoms with Gasteiger partial charge in [0.2, 0.25) is 5.89 Å². The number of nitrogens with zero attached hydrogens (tertiary/aromatic N) is 4. The second-order valence-corrected chi connectivity index (χ2v) is 4.07. The lowest BCUT2D eigenvalue weighted by Crippen LogP contribution is -2.11. The molecular formula is C11H17N5O2. The lowest BCUT2D eigenvalue weighted by Gasteiger charge is -2.01. The molecule has 0 aromatic carbocycles. The Morgan fingerprint density at radius 3 is 3.06 bits per heavy atom. The number of nitrogens with two attached hydrogens (primary N) is 1. The van der Waals surface area contributed by atoms with Crippen LogP contribution in [-0.4, -0.2) is 33.6 Å². The Hall–Kier alpha value is -1.73. The summed E-state index contributed by atoms with van der Waals surface area (Å²) in [5, 5.41) is 7.95. The fraction of sp³-hybridized carbons (Fsp3) is 0.545. The number of aromatic nitrogens is 4. The highest BCUT2D eigenvalue weighted by Gasteiger charge is 2.17. The molecule has 2 N–H and O–H groups in total. The van der Waals surface area contributed by atoms with Crippen LogP contribution in [-0.2, 0) is 18.2 Å². The zero-order chi connectivity index (χ0) is 13.0. The molecule has 2 aromatic heterocycles. The summed E-state index contributed by atoms with van der Waals surface area (Å²) in [5.41, 5.74) is 6.87. The first-order valence-corrected chi connectivity index (χ1v) is 5.76. The van der Waals surface area contributed by atoms with E-state index < -0.39 is 6.04 Å². The molecule has 0 bridgehead atoms. The van der Waals surface area contributed by atoms with E-state index in [2.05, 4.69) is 15.2 Å². The van der Waals surface area contributed by atoms with Crippen molar-refractivity contribution in [2.24, 2.45) is 12.8 Å². The number of aryl methyl sites for hydroxylation is 2. The summed E-state index contributed by atoms with van der Waals surface area (Å²) in [6.45, 7) is 0.679. The van der Waals surface area contributed by atoms with Crippen molar-refractivity contribution in [2.75, 3.05) is 13.7 Å². The molecule has 0 fully saturated rings. The van der Waals surface area contributed by atoms with Crippen LogP contribution in [0.2, 0.25) is 0 Å². The van der Waals surface area contributed by atoms with E-state index >= 15 is 0 Å². The fourth-order valence-electron chi connectivity index (χ4n) is 1.61. The number of hydrogen-bond acceptors (Lipinski definition) is 6. The van der Waals surface area contributed by atoms with Crippen molar-refractivity contribution in [1.29, 1.82) is 0 Å². The van der Waals surface area contributed by atoms with Crippen molar-refractivity contribution in [3.05, 3.63) is 29.7 Å². The third kappa shape index (κ3) is 2.93. The van der Waals surface area contributed by atoms with Gasteiger partial charge in [-0.05, 0) is 6.42 Å². The molecule has 98 valence electrons. The summed E-state index contributed by atoms with van der Waals surface area (Å²) >= 11 is 0. The van der Waals surface area contributed by atoms with E-state index in [1.54, 1.807) is 18.0 Å². The first-order chi connectivity index (χ1) is 8.70. The third-order valence-electron chi connectivity index (χ3n) is 2.58. The van der Waals surface area contributed by atoms with E-state index in [1.165, 1.54) is 0 Å². The van der Waals surface area contributed by atoms with Crippen LogP contribution in [0.4, 0.5) is 0 Å². The second-order valence-electron chi connectivity index (χ2n) is 4.07. The molecule has 7 nitrogen and oxygen atoms in total. The molecule has 2 rings (SSSR count). The highest BCUT2D eigenvalue weighted by molar-refractivity contribution is 5.16. The Morgan fingerprint density at radius 2 is 2.39 bits per heavy atom. The maximum Gasteiger partial charge on any atom is 0.248 e. The summed E-state index contributed by atoms with van der Waals surface area (Å²) in [7, 11) is 3.50. The van der Waals surface area contributed by atoms with Gasteiger partial charge in [0.05, 0.1) is 6.20 Å². The topological polar surface area (TPSA) is 92.0 Å². The molecule has 2 aromatic rings. The largest absolute Gasteiger partial charge is 0.385 e. The molecule has 18 heavy (non-hydrogen) atoms. The Bertz CT molecular complexity index is 493. The molecule has 0 aliphatic heterocycles. The first-order valence-electron chi connectivity index (χ1n) is 5.76.